The lowest BCUT2D eigenvalue weighted by atomic mass is 10.2. The van der Waals surface area contributed by atoms with Crippen LogP contribution in [0.5, 0.6) is 0 Å². The number of benzene rings is 1. The van der Waals surface area contributed by atoms with E-state index >= 15 is 0 Å². The molecule has 0 saturated heterocycles. The van der Waals surface area contributed by atoms with Crippen molar-refractivity contribution < 1.29 is 4.42 Å². The molecule has 0 saturated carbocycles. The van der Waals surface area contributed by atoms with E-state index in [-0.39, 0.29) is 12.1 Å². The molecule has 0 amide bonds. The Balaban J connectivity index is 1.78. The first-order valence-electron chi connectivity index (χ1n) is 6.22. The fourth-order valence-electron chi connectivity index (χ4n) is 2.10. The molecule has 0 spiro atoms. The highest BCUT2D eigenvalue weighted by Gasteiger charge is 2.17. The van der Waals surface area contributed by atoms with Gasteiger partial charge in [-0.3, -0.25) is 5.32 Å². The maximum absolute atomic E-state index is 5.82. The normalized spacial score (nSPS) is 14.6. The average molecular weight is 257 g/mol. The summed E-state index contributed by atoms with van der Waals surface area (Å²) in [6.07, 6.45) is 0. The summed E-state index contributed by atoms with van der Waals surface area (Å²) in [6.45, 7) is 4.04. The van der Waals surface area contributed by atoms with Crippen molar-refractivity contribution in [2.45, 2.75) is 25.9 Å². The van der Waals surface area contributed by atoms with Gasteiger partial charge in [0.1, 0.15) is 11.3 Å². The zero-order valence-electron chi connectivity index (χ0n) is 10.8. The number of aromatic amines is 1. The molecule has 1 aromatic carbocycles. The van der Waals surface area contributed by atoms with Crippen LogP contribution in [0, 0.1) is 0 Å². The highest BCUT2D eigenvalue weighted by Crippen LogP contribution is 2.24. The molecule has 0 aliphatic rings. The Morgan fingerprint density at radius 2 is 2.05 bits per heavy atom. The monoisotopic (exact) mass is 257 g/mol. The van der Waals surface area contributed by atoms with Crippen molar-refractivity contribution in [1.82, 2.24) is 25.9 Å². The van der Waals surface area contributed by atoms with E-state index in [1.54, 1.807) is 0 Å². The minimum absolute atomic E-state index is 0.00182. The van der Waals surface area contributed by atoms with Crippen molar-refractivity contribution in [2.75, 3.05) is 0 Å². The van der Waals surface area contributed by atoms with E-state index in [4.69, 9.17) is 4.42 Å². The van der Waals surface area contributed by atoms with Crippen LogP contribution in [0.1, 0.15) is 37.5 Å². The number of nitrogens with one attached hydrogen (secondary N) is 2. The van der Waals surface area contributed by atoms with E-state index in [0.717, 1.165) is 16.7 Å². The molecule has 2 unspecified atom stereocenters. The lowest BCUT2D eigenvalue weighted by molar-refractivity contribution is 0.409. The van der Waals surface area contributed by atoms with Crippen LogP contribution in [-0.4, -0.2) is 20.6 Å². The summed E-state index contributed by atoms with van der Waals surface area (Å²) in [4.78, 5) is 0. The molecule has 0 fully saturated rings. The van der Waals surface area contributed by atoms with Gasteiger partial charge in [0.15, 0.2) is 5.82 Å². The molecule has 0 bridgehead atoms. The second-order valence-corrected chi connectivity index (χ2v) is 4.57. The quantitative estimate of drug-likeness (QED) is 0.750. The van der Waals surface area contributed by atoms with Crippen LogP contribution in [0.4, 0.5) is 0 Å². The summed E-state index contributed by atoms with van der Waals surface area (Å²) in [7, 11) is 0. The first kappa shape index (κ1) is 11.9. The van der Waals surface area contributed by atoms with Gasteiger partial charge >= 0.3 is 0 Å². The molecule has 2 aromatic heterocycles. The molecule has 6 nitrogen and oxygen atoms in total. The van der Waals surface area contributed by atoms with Crippen molar-refractivity contribution in [3.8, 4) is 0 Å². The Morgan fingerprint density at radius 3 is 2.79 bits per heavy atom. The molecule has 6 heteroatoms. The second kappa shape index (κ2) is 4.81. The Bertz CT molecular complexity index is 628. The lowest BCUT2D eigenvalue weighted by Gasteiger charge is -2.15. The Labute approximate surface area is 110 Å². The summed E-state index contributed by atoms with van der Waals surface area (Å²) < 4.78 is 5.82. The van der Waals surface area contributed by atoms with E-state index in [1.165, 1.54) is 0 Å². The standard InChI is InChI=1S/C13H15N5O/c1-8(14-9(2)13-15-17-18-16-13)12-7-10-5-3-4-6-11(10)19-12/h3-9,14H,1-2H3,(H,15,16,17,18). The molecule has 98 valence electrons. The van der Waals surface area contributed by atoms with E-state index in [2.05, 4.69) is 32.0 Å². The number of nitrogens with zero attached hydrogens (tertiary/aromatic N) is 3. The van der Waals surface area contributed by atoms with Gasteiger partial charge in [-0.1, -0.05) is 23.4 Å². The second-order valence-electron chi connectivity index (χ2n) is 4.57. The number of hydrogen-bond acceptors (Lipinski definition) is 5. The Kier molecular flexibility index (Phi) is 3.00. The predicted molar refractivity (Wildman–Crippen MR) is 70.4 cm³/mol. The molecule has 3 rings (SSSR count). The first-order valence-corrected chi connectivity index (χ1v) is 6.22. The van der Waals surface area contributed by atoms with Crippen LogP contribution < -0.4 is 5.32 Å². The van der Waals surface area contributed by atoms with Crippen LogP contribution in [-0.2, 0) is 0 Å². The Morgan fingerprint density at radius 1 is 1.21 bits per heavy atom. The summed E-state index contributed by atoms with van der Waals surface area (Å²) in [5, 5.41) is 18.4. The molecule has 0 aliphatic heterocycles. The molecule has 2 heterocycles. The average Bonchev–Trinajstić information content (AvgIpc) is 3.07. The fourth-order valence-corrected chi connectivity index (χ4v) is 2.10. The maximum Gasteiger partial charge on any atom is 0.191 e. The smallest absolute Gasteiger partial charge is 0.191 e. The number of para-hydroxylation sites is 1. The van der Waals surface area contributed by atoms with Gasteiger partial charge in [0.05, 0.1) is 12.1 Å². The van der Waals surface area contributed by atoms with Gasteiger partial charge in [0.25, 0.3) is 0 Å². The van der Waals surface area contributed by atoms with Gasteiger partial charge in [-0.15, -0.1) is 10.2 Å². The molecular weight excluding hydrogens is 242 g/mol. The van der Waals surface area contributed by atoms with E-state index in [0.29, 0.717) is 5.82 Å². The fraction of sp³-hybridized carbons (Fsp3) is 0.308. The predicted octanol–water partition coefficient (Wildman–Crippen LogP) is 2.36. The number of fused-ring (bicyclic) bond motifs is 1. The van der Waals surface area contributed by atoms with Crippen molar-refractivity contribution >= 4 is 11.0 Å². The molecule has 0 aliphatic carbocycles. The summed E-state index contributed by atoms with van der Waals surface area (Å²) >= 11 is 0. The van der Waals surface area contributed by atoms with Gasteiger partial charge in [0.2, 0.25) is 0 Å². The maximum atomic E-state index is 5.82. The first-order chi connectivity index (χ1) is 9.24. The van der Waals surface area contributed by atoms with Gasteiger partial charge in [-0.25, -0.2) is 0 Å². The van der Waals surface area contributed by atoms with E-state index in [1.807, 2.05) is 38.1 Å². The lowest BCUT2D eigenvalue weighted by Crippen LogP contribution is -2.23. The van der Waals surface area contributed by atoms with Gasteiger partial charge in [0, 0.05) is 5.39 Å². The molecule has 3 aromatic rings. The van der Waals surface area contributed by atoms with Crippen LogP contribution in [0.15, 0.2) is 34.7 Å². The van der Waals surface area contributed by atoms with Crippen LogP contribution in [0.3, 0.4) is 0 Å². The summed E-state index contributed by atoms with van der Waals surface area (Å²) in [5.41, 5.74) is 0.901. The van der Waals surface area contributed by atoms with Crippen LogP contribution in [0.25, 0.3) is 11.0 Å². The van der Waals surface area contributed by atoms with Crippen molar-refractivity contribution in [2.24, 2.45) is 0 Å². The van der Waals surface area contributed by atoms with Crippen molar-refractivity contribution in [3.63, 3.8) is 0 Å². The summed E-state index contributed by atoms with van der Waals surface area (Å²) in [6, 6.07) is 10.1. The van der Waals surface area contributed by atoms with Gasteiger partial charge in [-0.2, -0.15) is 5.21 Å². The third-order valence-corrected chi connectivity index (χ3v) is 3.12. The number of furan rings is 1. The zero-order chi connectivity index (χ0) is 13.2. The van der Waals surface area contributed by atoms with Gasteiger partial charge < -0.3 is 4.42 Å². The third-order valence-electron chi connectivity index (χ3n) is 3.12. The van der Waals surface area contributed by atoms with Crippen molar-refractivity contribution in [1.29, 1.82) is 0 Å². The topological polar surface area (TPSA) is 79.6 Å². The molecule has 2 atom stereocenters. The molecular formula is C13H15N5O. The largest absolute Gasteiger partial charge is 0.459 e. The van der Waals surface area contributed by atoms with Crippen molar-refractivity contribution in [3.05, 3.63) is 41.9 Å². The number of H-pyrrole nitrogens is 1. The highest BCUT2D eigenvalue weighted by atomic mass is 16.3. The zero-order valence-corrected chi connectivity index (χ0v) is 10.8. The van der Waals surface area contributed by atoms with Gasteiger partial charge in [-0.05, 0) is 26.0 Å². The summed E-state index contributed by atoms with van der Waals surface area (Å²) in [5.74, 6) is 1.54. The highest BCUT2D eigenvalue weighted by molar-refractivity contribution is 5.77. The number of rotatable bonds is 4. The molecule has 0 radical (unpaired) electrons. The number of aromatic nitrogens is 4. The third kappa shape index (κ3) is 2.34. The SMILES string of the molecule is CC(NC(C)c1cc2ccccc2o1)c1nn[nH]n1. The molecule has 19 heavy (non-hydrogen) atoms. The van der Waals surface area contributed by atoms with E-state index < -0.39 is 0 Å². The van der Waals surface area contributed by atoms with Crippen LogP contribution in [0.2, 0.25) is 0 Å². The molecule has 2 N–H and O–H groups in total. The number of tetrazole rings is 1. The minimum Gasteiger partial charge on any atom is -0.459 e. The Hall–Kier alpha value is -2.21. The van der Waals surface area contributed by atoms with Crippen LogP contribution >= 0.6 is 0 Å². The minimum atomic E-state index is 0.00182. The number of hydrogen-bond donors (Lipinski definition) is 2. The van der Waals surface area contributed by atoms with E-state index in [9.17, 15) is 0 Å².